The van der Waals surface area contributed by atoms with E-state index in [0.29, 0.717) is 17.7 Å². The summed E-state index contributed by atoms with van der Waals surface area (Å²) in [7, 11) is 1.31. The first-order valence-electron chi connectivity index (χ1n) is 4.66. The lowest BCUT2D eigenvalue weighted by Gasteiger charge is -2.08. The number of benzene rings is 1. The van der Waals surface area contributed by atoms with Gasteiger partial charge >= 0.3 is 5.97 Å². The summed E-state index contributed by atoms with van der Waals surface area (Å²) in [5.74, 6) is -0.589. The molecule has 4 nitrogen and oxygen atoms in total. The van der Waals surface area contributed by atoms with Crippen LogP contribution in [0.25, 0.3) is 0 Å². The molecule has 0 heterocycles. The molecule has 80 valence electrons. The molecule has 0 aromatic heterocycles. The van der Waals surface area contributed by atoms with E-state index in [1.54, 1.807) is 31.2 Å². The van der Waals surface area contributed by atoms with Crippen LogP contribution in [0.5, 0.6) is 0 Å². The van der Waals surface area contributed by atoms with Crippen molar-refractivity contribution in [2.75, 3.05) is 12.4 Å². The number of hydrogen-bond donors (Lipinski definition) is 1. The molecule has 1 amide bonds. The van der Waals surface area contributed by atoms with Gasteiger partial charge in [0.25, 0.3) is 0 Å². The second-order valence-electron chi connectivity index (χ2n) is 2.94. The normalized spacial score (nSPS) is 9.47. The first kappa shape index (κ1) is 11.2. The van der Waals surface area contributed by atoms with Gasteiger partial charge in [-0.15, -0.1) is 0 Å². The third-order valence-corrected chi connectivity index (χ3v) is 1.93. The topological polar surface area (TPSA) is 55.4 Å². The van der Waals surface area contributed by atoms with Crippen molar-refractivity contribution in [1.29, 1.82) is 0 Å². The molecule has 4 heteroatoms. The predicted molar refractivity (Wildman–Crippen MR) is 56.7 cm³/mol. The Kier molecular flexibility index (Phi) is 3.85. The molecular formula is C11H13NO3. The van der Waals surface area contributed by atoms with E-state index in [0.717, 1.165) is 0 Å². The number of carbonyl (C=O) groups excluding carboxylic acids is 2. The lowest BCUT2D eigenvalue weighted by molar-refractivity contribution is -0.115. The molecule has 1 N–H and O–H groups in total. The zero-order chi connectivity index (χ0) is 11.3. The van der Waals surface area contributed by atoms with Crippen LogP contribution in [0, 0.1) is 0 Å². The summed E-state index contributed by atoms with van der Waals surface area (Å²) >= 11 is 0. The molecule has 0 atom stereocenters. The van der Waals surface area contributed by atoms with Crippen LogP contribution in [-0.2, 0) is 9.53 Å². The standard InChI is InChI=1S/C11H13NO3/c1-3-10(13)12-9-7-5-4-6-8(9)11(14)15-2/h4-7H,3H2,1-2H3,(H,12,13). The Bertz CT molecular complexity index is 374. The van der Waals surface area contributed by atoms with E-state index < -0.39 is 5.97 Å². The number of ether oxygens (including phenoxy) is 1. The highest BCUT2D eigenvalue weighted by Gasteiger charge is 2.11. The number of methoxy groups -OCH3 is 1. The maximum atomic E-state index is 11.3. The van der Waals surface area contributed by atoms with Gasteiger partial charge in [-0.3, -0.25) is 4.79 Å². The number of amides is 1. The van der Waals surface area contributed by atoms with Crippen LogP contribution in [0.15, 0.2) is 24.3 Å². The molecule has 0 saturated heterocycles. The maximum absolute atomic E-state index is 11.3. The van der Waals surface area contributed by atoms with E-state index in [9.17, 15) is 9.59 Å². The summed E-state index contributed by atoms with van der Waals surface area (Å²) in [5, 5.41) is 2.64. The quantitative estimate of drug-likeness (QED) is 0.769. The molecule has 0 unspecified atom stereocenters. The zero-order valence-corrected chi connectivity index (χ0v) is 8.74. The fourth-order valence-corrected chi connectivity index (χ4v) is 1.12. The largest absolute Gasteiger partial charge is 0.465 e. The highest BCUT2D eigenvalue weighted by Crippen LogP contribution is 2.15. The fraction of sp³-hybridized carbons (Fsp3) is 0.273. The van der Waals surface area contributed by atoms with Gasteiger partial charge in [-0.1, -0.05) is 19.1 Å². The van der Waals surface area contributed by atoms with E-state index >= 15 is 0 Å². The van der Waals surface area contributed by atoms with Crippen molar-refractivity contribution >= 4 is 17.6 Å². The van der Waals surface area contributed by atoms with Crippen molar-refractivity contribution in [2.24, 2.45) is 0 Å². The minimum Gasteiger partial charge on any atom is -0.465 e. The molecule has 1 rings (SSSR count). The summed E-state index contributed by atoms with van der Waals surface area (Å²) in [5.41, 5.74) is 0.845. The van der Waals surface area contributed by atoms with E-state index in [-0.39, 0.29) is 5.91 Å². The SMILES string of the molecule is CCC(=O)Nc1ccccc1C(=O)OC. The lowest BCUT2D eigenvalue weighted by atomic mass is 10.2. The molecule has 0 aliphatic rings. The van der Waals surface area contributed by atoms with Crippen molar-refractivity contribution < 1.29 is 14.3 Å². The van der Waals surface area contributed by atoms with Gasteiger partial charge in [0, 0.05) is 6.42 Å². The van der Waals surface area contributed by atoms with Crippen molar-refractivity contribution in [3.63, 3.8) is 0 Å². The summed E-state index contributed by atoms with van der Waals surface area (Å²) in [6.07, 6.45) is 0.371. The summed E-state index contributed by atoms with van der Waals surface area (Å²) < 4.78 is 4.60. The molecule has 0 spiro atoms. The number of nitrogens with one attached hydrogen (secondary N) is 1. The van der Waals surface area contributed by atoms with Gasteiger partial charge in [0.2, 0.25) is 5.91 Å². The van der Waals surface area contributed by atoms with Crippen LogP contribution >= 0.6 is 0 Å². The van der Waals surface area contributed by atoms with Crippen molar-refractivity contribution in [2.45, 2.75) is 13.3 Å². The molecule has 15 heavy (non-hydrogen) atoms. The van der Waals surface area contributed by atoms with Crippen molar-refractivity contribution in [3.8, 4) is 0 Å². The predicted octanol–water partition coefficient (Wildman–Crippen LogP) is 1.82. The van der Waals surface area contributed by atoms with Gasteiger partial charge in [0.15, 0.2) is 0 Å². The Morgan fingerprint density at radius 3 is 2.60 bits per heavy atom. The molecule has 0 radical (unpaired) electrons. The molecule has 1 aromatic rings. The average molecular weight is 207 g/mol. The van der Waals surface area contributed by atoms with E-state index in [1.165, 1.54) is 7.11 Å². The molecular weight excluding hydrogens is 194 g/mol. The number of para-hydroxylation sites is 1. The maximum Gasteiger partial charge on any atom is 0.339 e. The molecule has 0 aliphatic heterocycles. The van der Waals surface area contributed by atoms with Crippen molar-refractivity contribution in [1.82, 2.24) is 0 Å². The third kappa shape index (κ3) is 2.80. The third-order valence-electron chi connectivity index (χ3n) is 1.93. The smallest absolute Gasteiger partial charge is 0.339 e. The minimum absolute atomic E-state index is 0.133. The van der Waals surface area contributed by atoms with Crippen LogP contribution in [0.3, 0.4) is 0 Å². The van der Waals surface area contributed by atoms with E-state index in [1.807, 2.05) is 0 Å². The summed E-state index contributed by atoms with van der Waals surface area (Å²) in [6, 6.07) is 6.74. The average Bonchev–Trinajstić information content (AvgIpc) is 2.28. The monoisotopic (exact) mass is 207 g/mol. The Hall–Kier alpha value is -1.84. The van der Waals surface area contributed by atoms with Gasteiger partial charge in [-0.05, 0) is 12.1 Å². The van der Waals surface area contributed by atoms with E-state index in [2.05, 4.69) is 10.1 Å². The van der Waals surface area contributed by atoms with Gasteiger partial charge in [-0.25, -0.2) is 4.79 Å². The fourth-order valence-electron chi connectivity index (χ4n) is 1.12. The number of anilines is 1. The Morgan fingerprint density at radius 1 is 1.33 bits per heavy atom. The van der Waals surface area contributed by atoms with Crippen LogP contribution in [0.2, 0.25) is 0 Å². The number of rotatable bonds is 3. The van der Waals surface area contributed by atoms with Gasteiger partial charge in [-0.2, -0.15) is 0 Å². The van der Waals surface area contributed by atoms with Gasteiger partial charge in [0.05, 0.1) is 18.4 Å². The summed E-state index contributed by atoms with van der Waals surface area (Å²) in [4.78, 5) is 22.5. The van der Waals surface area contributed by atoms with Crippen LogP contribution in [-0.4, -0.2) is 19.0 Å². The Labute approximate surface area is 88.2 Å². The number of esters is 1. The number of hydrogen-bond acceptors (Lipinski definition) is 3. The van der Waals surface area contributed by atoms with Gasteiger partial charge in [0.1, 0.15) is 0 Å². The Balaban J connectivity index is 2.96. The molecule has 0 bridgehead atoms. The molecule has 1 aromatic carbocycles. The van der Waals surface area contributed by atoms with Crippen LogP contribution < -0.4 is 5.32 Å². The van der Waals surface area contributed by atoms with Crippen LogP contribution in [0.1, 0.15) is 23.7 Å². The molecule has 0 saturated carbocycles. The number of carbonyl (C=O) groups is 2. The Morgan fingerprint density at radius 2 is 2.00 bits per heavy atom. The van der Waals surface area contributed by atoms with Crippen molar-refractivity contribution in [3.05, 3.63) is 29.8 Å². The summed E-state index contributed by atoms with van der Waals surface area (Å²) in [6.45, 7) is 1.75. The highest BCUT2D eigenvalue weighted by atomic mass is 16.5. The lowest BCUT2D eigenvalue weighted by Crippen LogP contribution is -2.13. The molecule has 0 aliphatic carbocycles. The van der Waals surface area contributed by atoms with Crippen LogP contribution in [0.4, 0.5) is 5.69 Å². The van der Waals surface area contributed by atoms with Gasteiger partial charge < -0.3 is 10.1 Å². The second kappa shape index (κ2) is 5.14. The van der Waals surface area contributed by atoms with E-state index in [4.69, 9.17) is 0 Å². The highest BCUT2D eigenvalue weighted by molar-refractivity contribution is 6.01. The zero-order valence-electron chi connectivity index (χ0n) is 8.74. The minimum atomic E-state index is -0.456. The molecule has 0 fully saturated rings. The first-order chi connectivity index (χ1) is 7.19. The second-order valence-corrected chi connectivity index (χ2v) is 2.94. The first-order valence-corrected chi connectivity index (χ1v) is 4.66.